The maximum atomic E-state index is 11.5. The van der Waals surface area contributed by atoms with E-state index in [4.69, 9.17) is 9.79 Å². The first-order valence-electron chi connectivity index (χ1n) is 10.2. The van der Waals surface area contributed by atoms with Crippen LogP contribution in [0.3, 0.4) is 0 Å². The van der Waals surface area contributed by atoms with Crippen LogP contribution in [0.4, 0.5) is 0 Å². The Morgan fingerprint density at radius 1 is 0.926 bits per heavy atom. The number of carbonyl (C=O) groups is 1. The molecule has 0 spiro atoms. The minimum Gasteiger partial charge on any atom is -0.354 e. The predicted molar refractivity (Wildman–Crippen MR) is 110 cm³/mol. The van der Waals surface area contributed by atoms with E-state index in [0.29, 0.717) is 6.42 Å². The maximum absolute atomic E-state index is 11.5. The Balaban J connectivity index is 3.33. The van der Waals surface area contributed by atoms with Crippen LogP contribution in [0.2, 0.25) is 0 Å². The molecule has 0 saturated carbocycles. The third-order valence-electron chi connectivity index (χ3n) is 4.04. The van der Waals surface area contributed by atoms with E-state index >= 15 is 0 Å². The van der Waals surface area contributed by atoms with Crippen molar-refractivity contribution in [3.63, 3.8) is 0 Å². The van der Waals surface area contributed by atoms with Gasteiger partial charge in [0.2, 0.25) is 5.91 Å². The van der Waals surface area contributed by atoms with Crippen molar-refractivity contribution in [2.45, 2.75) is 84.0 Å². The number of phosphoric acid groups is 1. The van der Waals surface area contributed by atoms with Crippen molar-refractivity contribution in [2.75, 3.05) is 13.2 Å². The lowest BCUT2D eigenvalue weighted by Gasteiger charge is -2.07. The molecule has 1 amide bonds. The zero-order valence-electron chi connectivity index (χ0n) is 16.8. The summed E-state index contributed by atoms with van der Waals surface area (Å²) in [5, 5.41) is 2.58. The van der Waals surface area contributed by atoms with Crippen molar-refractivity contribution in [3.8, 4) is 0 Å². The third kappa shape index (κ3) is 23.0. The number of allylic oxidation sites excluding steroid dienone is 4. The zero-order chi connectivity index (χ0) is 20.2. The Morgan fingerprint density at radius 2 is 1.52 bits per heavy atom. The molecule has 0 radical (unpaired) electrons. The Bertz CT molecular complexity index is 459. The van der Waals surface area contributed by atoms with Crippen molar-refractivity contribution in [2.24, 2.45) is 0 Å². The number of carbonyl (C=O) groups excluding carboxylic acids is 1. The lowest BCUT2D eigenvalue weighted by Crippen LogP contribution is -2.26. The summed E-state index contributed by atoms with van der Waals surface area (Å²) < 4.78 is 14.7. The Morgan fingerprint density at radius 3 is 2.15 bits per heavy atom. The number of rotatable bonds is 18. The molecule has 0 heterocycles. The van der Waals surface area contributed by atoms with Gasteiger partial charge in [0.15, 0.2) is 0 Å². The molecule has 3 N–H and O–H groups in total. The molecule has 7 heteroatoms. The molecule has 0 unspecified atom stereocenters. The van der Waals surface area contributed by atoms with Crippen LogP contribution in [0.15, 0.2) is 24.3 Å². The van der Waals surface area contributed by atoms with Crippen LogP contribution in [0.1, 0.15) is 84.0 Å². The van der Waals surface area contributed by atoms with Crippen LogP contribution >= 0.6 is 7.82 Å². The summed E-state index contributed by atoms with van der Waals surface area (Å²) in [7, 11) is -4.44. The van der Waals surface area contributed by atoms with Crippen LogP contribution < -0.4 is 5.32 Å². The molecule has 158 valence electrons. The van der Waals surface area contributed by atoms with E-state index in [1.165, 1.54) is 38.5 Å². The van der Waals surface area contributed by atoms with E-state index in [0.717, 1.165) is 32.1 Å². The first-order valence-corrected chi connectivity index (χ1v) is 11.8. The van der Waals surface area contributed by atoms with E-state index in [1.807, 2.05) is 0 Å². The smallest absolute Gasteiger partial charge is 0.354 e. The number of unbranched alkanes of at least 4 members (excludes halogenated alkanes) is 8. The highest BCUT2D eigenvalue weighted by atomic mass is 31.2. The third-order valence-corrected chi connectivity index (χ3v) is 4.56. The normalized spacial score (nSPS) is 12.3. The summed E-state index contributed by atoms with van der Waals surface area (Å²) in [6, 6.07) is 0. The molecular formula is C20H38NO5P. The lowest BCUT2D eigenvalue weighted by atomic mass is 10.1. The van der Waals surface area contributed by atoms with Gasteiger partial charge in [0.1, 0.15) is 0 Å². The fourth-order valence-electron chi connectivity index (χ4n) is 2.54. The van der Waals surface area contributed by atoms with E-state index in [-0.39, 0.29) is 19.1 Å². The molecule has 0 aromatic heterocycles. The van der Waals surface area contributed by atoms with Crippen molar-refractivity contribution in [3.05, 3.63) is 24.3 Å². The fourth-order valence-corrected chi connectivity index (χ4v) is 2.87. The number of hydrogen-bond acceptors (Lipinski definition) is 3. The molecule has 0 aromatic rings. The van der Waals surface area contributed by atoms with Gasteiger partial charge in [0, 0.05) is 13.0 Å². The van der Waals surface area contributed by atoms with Gasteiger partial charge < -0.3 is 15.1 Å². The molecule has 0 aliphatic rings. The van der Waals surface area contributed by atoms with Gasteiger partial charge in [-0.1, -0.05) is 63.3 Å². The van der Waals surface area contributed by atoms with Gasteiger partial charge in [-0.2, -0.15) is 0 Å². The lowest BCUT2D eigenvalue weighted by molar-refractivity contribution is -0.121. The van der Waals surface area contributed by atoms with Crippen LogP contribution in [-0.2, 0) is 13.9 Å². The number of phosphoric ester groups is 1. The van der Waals surface area contributed by atoms with Gasteiger partial charge in [-0.05, 0) is 38.5 Å². The highest BCUT2D eigenvalue weighted by Crippen LogP contribution is 2.35. The summed E-state index contributed by atoms with van der Waals surface area (Å²) in [4.78, 5) is 28.5. The molecule has 0 aromatic carbocycles. The monoisotopic (exact) mass is 403 g/mol. The SMILES string of the molecule is CCCCCC=CCC=CCCCCCCCC(=O)NCCOP(=O)(O)O. The average molecular weight is 404 g/mol. The van der Waals surface area contributed by atoms with Gasteiger partial charge in [-0.25, -0.2) is 4.57 Å². The summed E-state index contributed by atoms with van der Waals surface area (Å²) in [6.07, 6.45) is 22.0. The number of hydrogen-bond donors (Lipinski definition) is 3. The predicted octanol–water partition coefficient (Wildman–Crippen LogP) is 5.03. The largest absolute Gasteiger partial charge is 0.469 e. The van der Waals surface area contributed by atoms with Gasteiger partial charge in [-0.3, -0.25) is 9.32 Å². The highest BCUT2D eigenvalue weighted by Gasteiger charge is 2.12. The second-order valence-corrected chi connectivity index (χ2v) is 7.89. The zero-order valence-corrected chi connectivity index (χ0v) is 17.7. The fraction of sp³-hybridized carbons (Fsp3) is 0.750. The van der Waals surface area contributed by atoms with E-state index < -0.39 is 7.82 Å². The van der Waals surface area contributed by atoms with Crippen LogP contribution in [-0.4, -0.2) is 28.8 Å². The number of amides is 1. The molecule has 0 saturated heterocycles. The molecule has 0 fully saturated rings. The van der Waals surface area contributed by atoms with Crippen molar-refractivity contribution >= 4 is 13.7 Å². The second-order valence-electron chi connectivity index (χ2n) is 6.65. The maximum Gasteiger partial charge on any atom is 0.469 e. The van der Waals surface area contributed by atoms with Crippen molar-refractivity contribution in [1.29, 1.82) is 0 Å². The van der Waals surface area contributed by atoms with Crippen LogP contribution in [0.5, 0.6) is 0 Å². The first kappa shape index (κ1) is 26.1. The van der Waals surface area contributed by atoms with Gasteiger partial charge in [0.05, 0.1) is 6.61 Å². The van der Waals surface area contributed by atoms with E-state index in [2.05, 4.69) is 41.1 Å². The van der Waals surface area contributed by atoms with E-state index in [1.54, 1.807) is 0 Å². The standard InChI is InChI=1S/C20H38NO5P/c1-2-3-4-5-6-7-8-9-10-11-12-13-14-15-16-17-20(22)21-18-19-26-27(23,24)25/h6-7,9-10H,2-5,8,11-19H2,1H3,(H,21,22)(H2,23,24,25). The average Bonchev–Trinajstić information content (AvgIpc) is 2.61. The molecule has 27 heavy (non-hydrogen) atoms. The molecule has 0 atom stereocenters. The van der Waals surface area contributed by atoms with Crippen molar-refractivity contribution in [1.82, 2.24) is 5.32 Å². The highest BCUT2D eigenvalue weighted by molar-refractivity contribution is 7.46. The quantitative estimate of drug-likeness (QED) is 0.170. The van der Waals surface area contributed by atoms with Crippen LogP contribution in [0.25, 0.3) is 0 Å². The molecule has 0 rings (SSSR count). The van der Waals surface area contributed by atoms with Gasteiger partial charge in [0.25, 0.3) is 0 Å². The summed E-state index contributed by atoms with van der Waals surface area (Å²) in [5.41, 5.74) is 0. The first-order chi connectivity index (χ1) is 13.0. The van der Waals surface area contributed by atoms with Gasteiger partial charge in [-0.15, -0.1) is 0 Å². The summed E-state index contributed by atoms with van der Waals surface area (Å²) in [6.45, 7) is 2.16. The molecule has 6 nitrogen and oxygen atoms in total. The number of nitrogens with one attached hydrogen (secondary N) is 1. The summed E-state index contributed by atoms with van der Waals surface area (Å²) in [5.74, 6) is -0.102. The Labute approximate surface area is 164 Å². The van der Waals surface area contributed by atoms with E-state index in [9.17, 15) is 9.36 Å². The molecular weight excluding hydrogens is 365 g/mol. The minimum absolute atomic E-state index is 0.102. The topological polar surface area (TPSA) is 95.9 Å². The summed E-state index contributed by atoms with van der Waals surface area (Å²) >= 11 is 0. The molecule has 0 bridgehead atoms. The second kappa shape index (κ2) is 18.4. The van der Waals surface area contributed by atoms with Gasteiger partial charge >= 0.3 is 7.82 Å². The minimum atomic E-state index is -4.44. The Hall–Kier alpha value is -0.940. The molecule has 0 aliphatic carbocycles. The van der Waals surface area contributed by atoms with Crippen LogP contribution in [0, 0.1) is 0 Å². The molecule has 0 aliphatic heterocycles. The van der Waals surface area contributed by atoms with Crippen molar-refractivity contribution < 1.29 is 23.7 Å². The Kier molecular flexibility index (Phi) is 17.8.